The van der Waals surface area contributed by atoms with Crippen LogP contribution in [0, 0.1) is 6.92 Å². The number of guanidine groups is 1. The molecule has 1 N–H and O–H groups in total. The van der Waals surface area contributed by atoms with E-state index in [1.807, 2.05) is 25.2 Å². The zero-order valence-corrected chi connectivity index (χ0v) is 15.3. The molecule has 5 heteroatoms. The Labute approximate surface area is 145 Å². The molecule has 1 aromatic heterocycles. The Morgan fingerprint density at radius 1 is 1.33 bits per heavy atom. The molecule has 0 saturated heterocycles. The second kappa shape index (κ2) is 8.43. The molecule has 130 valence electrons. The number of benzene rings is 1. The molecule has 1 aromatic carbocycles. The maximum Gasteiger partial charge on any atom is 0.193 e. The van der Waals surface area contributed by atoms with E-state index in [9.17, 15) is 0 Å². The van der Waals surface area contributed by atoms with Gasteiger partial charge in [-0.25, -0.2) is 0 Å². The molecule has 0 aliphatic heterocycles. The summed E-state index contributed by atoms with van der Waals surface area (Å²) in [7, 11) is 5.89. The summed E-state index contributed by atoms with van der Waals surface area (Å²) in [5, 5.41) is 3.38. The molecule has 0 bridgehead atoms. The Morgan fingerprint density at radius 2 is 2.12 bits per heavy atom. The van der Waals surface area contributed by atoms with E-state index < -0.39 is 0 Å². The van der Waals surface area contributed by atoms with Crippen LogP contribution in [0.4, 0.5) is 0 Å². The average Bonchev–Trinajstić information content (AvgIpc) is 2.93. The fourth-order valence-corrected chi connectivity index (χ4v) is 2.56. The number of ether oxygens (including phenoxy) is 1. The van der Waals surface area contributed by atoms with Crippen molar-refractivity contribution in [1.82, 2.24) is 14.8 Å². The lowest BCUT2D eigenvalue weighted by molar-refractivity contribution is 0.222. The summed E-state index contributed by atoms with van der Waals surface area (Å²) < 4.78 is 8.07. The number of hydrogen-bond acceptors (Lipinski definition) is 2. The standard InChI is InChI=1S/C19H28N4O/c1-15-8-6-10-18(12-15)24-16(2)13-21-19(20-3)23(5)14-17-9-7-11-22(17)4/h6-12,16H,13-14H2,1-5H3,(H,20,21). The molecule has 1 heterocycles. The number of nitrogens with one attached hydrogen (secondary N) is 1. The highest BCUT2D eigenvalue weighted by atomic mass is 16.5. The van der Waals surface area contributed by atoms with E-state index in [0.717, 1.165) is 18.3 Å². The molecule has 0 fully saturated rings. The molecule has 2 aromatic rings. The molecule has 0 aliphatic rings. The second-order valence-electron chi connectivity index (χ2n) is 6.14. The summed E-state index contributed by atoms with van der Waals surface area (Å²) >= 11 is 0. The maximum absolute atomic E-state index is 5.95. The first-order valence-electron chi connectivity index (χ1n) is 8.25. The van der Waals surface area contributed by atoms with Crippen molar-refractivity contribution in [2.45, 2.75) is 26.5 Å². The largest absolute Gasteiger partial charge is 0.489 e. The summed E-state index contributed by atoms with van der Waals surface area (Å²) in [6.07, 6.45) is 2.10. The normalized spacial score (nSPS) is 12.8. The van der Waals surface area contributed by atoms with Crippen molar-refractivity contribution in [2.75, 3.05) is 20.6 Å². The SMILES string of the molecule is CN=C(NCC(C)Oc1cccc(C)c1)N(C)Cc1cccn1C. The highest BCUT2D eigenvalue weighted by Crippen LogP contribution is 2.14. The zero-order chi connectivity index (χ0) is 17.5. The highest BCUT2D eigenvalue weighted by molar-refractivity contribution is 5.79. The third-order valence-corrected chi connectivity index (χ3v) is 3.90. The van der Waals surface area contributed by atoms with Gasteiger partial charge in [-0.2, -0.15) is 0 Å². The maximum atomic E-state index is 5.95. The van der Waals surface area contributed by atoms with Crippen molar-refractivity contribution in [3.05, 3.63) is 53.9 Å². The Kier molecular flexibility index (Phi) is 6.29. The molecule has 0 radical (unpaired) electrons. The number of rotatable bonds is 6. The topological polar surface area (TPSA) is 41.8 Å². The van der Waals surface area contributed by atoms with Gasteiger partial charge in [0.2, 0.25) is 0 Å². The highest BCUT2D eigenvalue weighted by Gasteiger charge is 2.10. The smallest absolute Gasteiger partial charge is 0.193 e. The molecule has 0 amide bonds. The predicted molar refractivity (Wildman–Crippen MR) is 99.5 cm³/mol. The number of nitrogens with zero attached hydrogens (tertiary/aromatic N) is 3. The van der Waals surface area contributed by atoms with E-state index in [-0.39, 0.29) is 6.10 Å². The summed E-state index contributed by atoms with van der Waals surface area (Å²) in [4.78, 5) is 6.46. The van der Waals surface area contributed by atoms with Gasteiger partial charge in [0, 0.05) is 33.0 Å². The van der Waals surface area contributed by atoms with E-state index >= 15 is 0 Å². The van der Waals surface area contributed by atoms with Crippen LogP contribution in [0.2, 0.25) is 0 Å². The summed E-state index contributed by atoms with van der Waals surface area (Å²) in [5.41, 5.74) is 2.44. The lowest BCUT2D eigenvalue weighted by Crippen LogP contribution is -2.42. The summed E-state index contributed by atoms with van der Waals surface area (Å²) in [6, 6.07) is 12.3. The van der Waals surface area contributed by atoms with Gasteiger partial charge < -0.3 is 19.5 Å². The van der Waals surface area contributed by atoms with E-state index in [1.165, 1.54) is 11.3 Å². The monoisotopic (exact) mass is 328 g/mol. The van der Waals surface area contributed by atoms with Crippen LogP contribution >= 0.6 is 0 Å². The van der Waals surface area contributed by atoms with Gasteiger partial charge in [-0.15, -0.1) is 0 Å². The molecule has 1 atom stereocenters. The summed E-state index contributed by atoms with van der Waals surface area (Å²) in [5.74, 6) is 1.76. The molecular weight excluding hydrogens is 300 g/mol. The Bertz CT molecular complexity index is 678. The fraction of sp³-hybridized carbons (Fsp3) is 0.421. The number of hydrogen-bond donors (Lipinski definition) is 1. The third kappa shape index (κ3) is 5.05. The first-order chi connectivity index (χ1) is 11.5. The third-order valence-electron chi connectivity index (χ3n) is 3.90. The first-order valence-corrected chi connectivity index (χ1v) is 8.25. The van der Waals surface area contributed by atoms with Crippen molar-refractivity contribution < 1.29 is 4.74 Å². The minimum Gasteiger partial charge on any atom is -0.489 e. The predicted octanol–water partition coefficient (Wildman–Crippen LogP) is 2.81. The number of aliphatic imine (C=N–C) groups is 1. The molecule has 0 saturated carbocycles. The van der Waals surface area contributed by atoms with Gasteiger partial charge in [-0.3, -0.25) is 4.99 Å². The van der Waals surface area contributed by atoms with E-state index in [2.05, 4.69) is 65.1 Å². The molecule has 2 rings (SSSR count). The second-order valence-corrected chi connectivity index (χ2v) is 6.14. The van der Waals surface area contributed by atoms with Crippen molar-refractivity contribution in [3.8, 4) is 5.75 Å². The van der Waals surface area contributed by atoms with Crippen LogP contribution in [0.25, 0.3) is 0 Å². The van der Waals surface area contributed by atoms with Gasteiger partial charge in [0.25, 0.3) is 0 Å². The van der Waals surface area contributed by atoms with Crippen LogP contribution in [-0.2, 0) is 13.6 Å². The van der Waals surface area contributed by atoms with Crippen LogP contribution in [0.1, 0.15) is 18.2 Å². The van der Waals surface area contributed by atoms with Crippen LogP contribution < -0.4 is 10.1 Å². The van der Waals surface area contributed by atoms with E-state index in [0.29, 0.717) is 6.54 Å². The molecule has 1 unspecified atom stereocenters. The van der Waals surface area contributed by atoms with Crippen LogP contribution in [0.5, 0.6) is 5.75 Å². The molecule has 0 aliphatic carbocycles. The van der Waals surface area contributed by atoms with Crippen molar-refractivity contribution >= 4 is 5.96 Å². The van der Waals surface area contributed by atoms with Crippen molar-refractivity contribution in [1.29, 1.82) is 0 Å². The lowest BCUT2D eigenvalue weighted by atomic mass is 10.2. The van der Waals surface area contributed by atoms with Crippen LogP contribution in [0.3, 0.4) is 0 Å². The van der Waals surface area contributed by atoms with Gasteiger partial charge in [-0.1, -0.05) is 12.1 Å². The van der Waals surface area contributed by atoms with Gasteiger partial charge in [0.05, 0.1) is 13.1 Å². The number of aromatic nitrogens is 1. The molecule has 5 nitrogen and oxygen atoms in total. The van der Waals surface area contributed by atoms with Gasteiger partial charge in [0.15, 0.2) is 5.96 Å². The molecule has 24 heavy (non-hydrogen) atoms. The first kappa shape index (κ1) is 17.9. The van der Waals surface area contributed by atoms with Gasteiger partial charge in [0.1, 0.15) is 11.9 Å². The van der Waals surface area contributed by atoms with Gasteiger partial charge in [-0.05, 0) is 43.7 Å². The molecular formula is C19H28N4O. The summed E-state index contributed by atoms with van der Waals surface area (Å²) in [6.45, 7) is 5.62. The Hall–Kier alpha value is -2.43. The minimum atomic E-state index is 0.0481. The van der Waals surface area contributed by atoms with Crippen molar-refractivity contribution in [3.63, 3.8) is 0 Å². The zero-order valence-electron chi connectivity index (χ0n) is 15.3. The van der Waals surface area contributed by atoms with Crippen LogP contribution in [-0.4, -0.2) is 42.2 Å². The quantitative estimate of drug-likeness (QED) is 0.655. The molecule has 0 spiro atoms. The van der Waals surface area contributed by atoms with Crippen LogP contribution in [0.15, 0.2) is 47.6 Å². The lowest BCUT2D eigenvalue weighted by Gasteiger charge is -2.24. The Balaban J connectivity index is 1.85. The van der Waals surface area contributed by atoms with Gasteiger partial charge >= 0.3 is 0 Å². The minimum absolute atomic E-state index is 0.0481. The van der Waals surface area contributed by atoms with Crippen molar-refractivity contribution in [2.24, 2.45) is 12.0 Å². The Morgan fingerprint density at radius 3 is 2.75 bits per heavy atom. The van der Waals surface area contributed by atoms with E-state index in [4.69, 9.17) is 4.74 Å². The fourth-order valence-electron chi connectivity index (χ4n) is 2.56. The van der Waals surface area contributed by atoms with E-state index in [1.54, 1.807) is 7.05 Å². The average molecular weight is 328 g/mol. The number of aryl methyl sites for hydroxylation is 2.